The highest BCUT2D eigenvalue weighted by atomic mass is 19.3. The molecule has 0 aliphatic carbocycles. The molecule has 14 heavy (non-hydrogen) atoms. The lowest BCUT2D eigenvalue weighted by molar-refractivity contribution is -0.0842. The summed E-state index contributed by atoms with van der Waals surface area (Å²) in [6, 6.07) is -0.00463. The van der Waals surface area contributed by atoms with Crippen molar-refractivity contribution in [2.24, 2.45) is 5.41 Å². The molecule has 2 fully saturated rings. The number of hydrogen-bond acceptors (Lipinski definition) is 2. The van der Waals surface area contributed by atoms with Crippen molar-refractivity contribution in [2.45, 2.75) is 31.7 Å². The molecule has 2 aliphatic rings. The average Bonchev–Trinajstić information content (AvgIpc) is 2.17. The third-order valence-corrected chi connectivity index (χ3v) is 3.79. The van der Waals surface area contributed by atoms with Gasteiger partial charge >= 0.3 is 0 Å². The minimum Gasteiger partial charge on any atom is -0.312 e. The summed E-state index contributed by atoms with van der Waals surface area (Å²) in [5.74, 6) is 0. The van der Waals surface area contributed by atoms with Crippen LogP contribution in [-0.2, 0) is 0 Å². The monoisotopic (exact) mass is 204 g/mol. The van der Waals surface area contributed by atoms with Crippen molar-refractivity contribution >= 4 is 0 Å². The maximum absolute atomic E-state index is 13.1. The van der Waals surface area contributed by atoms with Gasteiger partial charge in [-0.3, -0.25) is 0 Å². The van der Waals surface area contributed by atoms with Crippen LogP contribution in [0.3, 0.4) is 0 Å². The first kappa shape index (κ1) is 10.3. The van der Waals surface area contributed by atoms with Gasteiger partial charge in [-0.15, -0.1) is 0 Å². The summed E-state index contributed by atoms with van der Waals surface area (Å²) in [6.07, 6.45) is 0.0496. The molecule has 2 unspecified atom stereocenters. The minimum atomic E-state index is -2.17. The highest BCUT2D eigenvalue weighted by molar-refractivity contribution is 5.00. The summed E-state index contributed by atoms with van der Waals surface area (Å²) in [4.78, 5) is 2.14. The van der Waals surface area contributed by atoms with Crippen LogP contribution in [0.5, 0.6) is 0 Å². The summed E-state index contributed by atoms with van der Waals surface area (Å²) < 4.78 is 26.2. The standard InChI is InChI=1S/C10H18F2N2/c1-14-6-4-10(9(11)12)3-2-5-13-8(10)7-14/h8-9,13H,2-7H2,1H3. The number of alkyl halides is 2. The fourth-order valence-corrected chi connectivity index (χ4v) is 2.79. The van der Waals surface area contributed by atoms with Crippen LogP contribution in [0.1, 0.15) is 19.3 Å². The van der Waals surface area contributed by atoms with Gasteiger partial charge in [0.25, 0.3) is 0 Å². The molecule has 2 saturated heterocycles. The lowest BCUT2D eigenvalue weighted by atomic mass is 9.69. The summed E-state index contributed by atoms with van der Waals surface area (Å²) in [5.41, 5.74) is -0.731. The van der Waals surface area contributed by atoms with E-state index < -0.39 is 11.8 Å². The first-order valence-corrected chi connectivity index (χ1v) is 5.35. The predicted octanol–water partition coefficient (Wildman–Crippen LogP) is 1.33. The van der Waals surface area contributed by atoms with Crippen LogP contribution in [0.15, 0.2) is 0 Å². The van der Waals surface area contributed by atoms with E-state index in [2.05, 4.69) is 10.2 Å². The summed E-state index contributed by atoms with van der Waals surface area (Å²) in [5, 5.41) is 3.25. The molecule has 4 heteroatoms. The molecular weight excluding hydrogens is 186 g/mol. The molecule has 0 aromatic heterocycles. The first-order valence-electron chi connectivity index (χ1n) is 5.35. The second-order valence-electron chi connectivity index (χ2n) is 4.66. The molecule has 82 valence electrons. The summed E-state index contributed by atoms with van der Waals surface area (Å²) in [7, 11) is 2.01. The van der Waals surface area contributed by atoms with Crippen LogP contribution in [-0.4, -0.2) is 44.0 Å². The number of nitrogens with zero attached hydrogens (tertiary/aromatic N) is 1. The molecule has 0 radical (unpaired) electrons. The number of likely N-dealkylation sites (tertiary alicyclic amines) is 1. The van der Waals surface area contributed by atoms with Gasteiger partial charge in [-0.1, -0.05) is 0 Å². The van der Waals surface area contributed by atoms with E-state index in [-0.39, 0.29) is 6.04 Å². The van der Waals surface area contributed by atoms with E-state index in [1.165, 1.54) is 0 Å². The maximum Gasteiger partial charge on any atom is 0.245 e. The SMILES string of the molecule is CN1CCC2(C(F)F)CCCNC2C1. The first-order chi connectivity index (χ1) is 6.65. The zero-order valence-corrected chi connectivity index (χ0v) is 8.60. The summed E-state index contributed by atoms with van der Waals surface area (Å²) in [6.45, 7) is 2.47. The Morgan fingerprint density at radius 3 is 2.93 bits per heavy atom. The molecule has 2 nitrogen and oxygen atoms in total. The van der Waals surface area contributed by atoms with E-state index in [4.69, 9.17) is 0 Å². The number of rotatable bonds is 1. The van der Waals surface area contributed by atoms with Crippen molar-refractivity contribution in [3.63, 3.8) is 0 Å². The Morgan fingerprint density at radius 2 is 2.21 bits per heavy atom. The molecule has 0 aromatic rings. The van der Waals surface area contributed by atoms with E-state index in [9.17, 15) is 8.78 Å². The van der Waals surface area contributed by atoms with Gasteiger partial charge in [0.1, 0.15) is 0 Å². The van der Waals surface area contributed by atoms with E-state index in [1.807, 2.05) is 7.05 Å². The maximum atomic E-state index is 13.1. The van der Waals surface area contributed by atoms with Crippen molar-refractivity contribution in [3.05, 3.63) is 0 Å². The summed E-state index contributed by atoms with van der Waals surface area (Å²) >= 11 is 0. The Kier molecular flexibility index (Phi) is 2.75. The molecule has 2 rings (SSSR count). The number of halogens is 2. The Labute approximate surface area is 83.7 Å². The minimum absolute atomic E-state index is 0.00463. The molecular formula is C10H18F2N2. The van der Waals surface area contributed by atoms with Crippen molar-refractivity contribution in [1.29, 1.82) is 0 Å². The number of hydrogen-bond donors (Lipinski definition) is 1. The third-order valence-electron chi connectivity index (χ3n) is 3.79. The van der Waals surface area contributed by atoms with Crippen LogP contribution in [0.4, 0.5) is 8.78 Å². The van der Waals surface area contributed by atoms with Crippen molar-refractivity contribution in [1.82, 2.24) is 10.2 Å². The number of nitrogens with one attached hydrogen (secondary N) is 1. The van der Waals surface area contributed by atoms with E-state index in [1.54, 1.807) is 0 Å². The fourth-order valence-electron chi connectivity index (χ4n) is 2.79. The Bertz CT molecular complexity index is 210. The normalized spacial score (nSPS) is 39.9. The van der Waals surface area contributed by atoms with Crippen LogP contribution in [0.2, 0.25) is 0 Å². The Morgan fingerprint density at radius 1 is 1.43 bits per heavy atom. The van der Waals surface area contributed by atoms with Gasteiger partial charge in [-0.25, -0.2) is 8.78 Å². The van der Waals surface area contributed by atoms with Crippen LogP contribution < -0.4 is 5.32 Å². The number of piperidine rings is 2. The van der Waals surface area contributed by atoms with Gasteiger partial charge in [0.05, 0.1) is 0 Å². The topological polar surface area (TPSA) is 15.3 Å². The highest BCUT2D eigenvalue weighted by Gasteiger charge is 2.50. The van der Waals surface area contributed by atoms with Crippen LogP contribution >= 0.6 is 0 Å². The quantitative estimate of drug-likeness (QED) is 0.693. The Hall–Kier alpha value is -0.220. The van der Waals surface area contributed by atoms with E-state index >= 15 is 0 Å². The number of likely N-dealkylation sites (N-methyl/N-ethyl adjacent to an activating group) is 1. The van der Waals surface area contributed by atoms with E-state index in [0.717, 1.165) is 26.1 Å². The van der Waals surface area contributed by atoms with Crippen molar-refractivity contribution < 1.29 is 8.78 Å². The predicted molar refractivity (Wildman–Crippen MR) is 51.6 cm³/mol. The molecule has 0 aromatic carbocycles. The zero-order valence-electron chi connectivity index (χ0n) is 8.60. The van der Waals surface area contributed by atoms with Gasteiger partial charge in [0.15, 0.2) is 0 Å². The van der Waals surface area contributed by atoms with Gasteiger partial charge in [0, 0.05) is 18.0 Å². The fraction of sp³-hybridized carbons (Fsp3) is 1.00. The van der Waals surface area contributed by atoms with Gasteiger partial charge in [0.2, 0.25) is 6.43 Å². The van der Waals surface area contributed by atoms with Crippen molar-refractivity contribution in [2.75, 3.05) is 26.7 Å². The second-order valence-corrected chi connectivity index (χ2v) is 4.66. The van der Waals surface area contributed by atoms with E-state index in [0.29, 0.717) is 12.8 Å². The largest absolute Gasteiger partial charge is 0.312 e. The van der Waals surface area contributed by atoms with Crippen LogP contribution in [0, 0.1) is 5.41 Å². The molecule has 2 aliphatic heterocycles. The molecule has 1 N–H and O–H groups in total. The lowest BCUT2D eigenvalue weighted by Gasteiger charge is -2.49. The molecule has 0 spiro atoms. The molecule has 0 amide bonds. The van der Waals surface area contributed by atoms with Gasteiger partial charge < -0.3 is 10.2 Å². The molecule has 2 heterocycles. The second kappa shape index (κ2) is 3.74. The third kappa shape index (κ3) is 1.54. The highest BCUT2D eigenvalue weighted by Crippen LogP contribution is 2.43. The molecule has 0 bridgehead atoms. The van der Waals surface area contributed by atoms with Gasteiger partial charge in [-0.05, 0) is 39.4 Å². The average molecular weight is 204 g/mol. The Balaban J connectivity index is 2.16. The smallest absolute Gasteiger partial charge is 0.245 e. The lowest BCUT2D eigenvalue weighted by Crippen LogP contribution is -2.61. The van der Waals surface area contributed by atoms with Crippen LogP contribution in [0.25, 0.3) is 0 Å². The van der Waals surface area contributed by atoms with Gasteiger partial charge in [-0.2, -0.15) is 0 Å². The van der Waals surface area contributed by atoms with Crippen molar-refractivity contribution in [3.8, 4) is 0 Å². The molecule has 2 atom stereocenters. The zero-order chi connectivity index (χ0) is 10.2. The molecule has 0 saturated carbocycles. The number of fused-ring (bicyclic) bond motifs is 1.